The highest BCUT2D eigenvalue weighted by Gasteiger charge is 2.27. The van der Waals surface area contributed by atoms with Crippen molar-refractivity contribution in [2.24, 2.45) is 5.73 Å². The predicted molar refractivity (Wildman–Crippen MR) is 57.4 cm³/mol. The number of rotatable bonds is 4. The summed E-state index contributed by atoms with van der Waals surface area (Å²) in [5, 5.41) is 14.9. The quantitative estimate of drug-likeness (QED) is 0.172. The molecule has 0 saturated carbocycles. The van der Waals surface area contributed by atoms with Crippen molar-refractivity contribution in [2.45, 2.75) is 0 Å². The second-order valence-electron chi connectivity index (χ2n) is 2.70. The van der Waals surface area contributed by atoms with E-state index in [-0.39, 0.29) is 12.5 Å². The van der Waals surface area contributed by atoms with Gasteiger partial charge in [-0.1, -0.05) is 0 Å². The highest BCUT2D eigenvalue weighted by Crippen LogP contribution is 2.53. The predicted octanol–water partition coefficient (Wildman–Crippen LogP) is -1.92. The molecule has 12 nitrogen and oxygen atoms in total. The van der Waals surface area contributed by atoms with Gasteiger partial charge < -0.3 is 35.3 Å². The highest BCUT2D eigenvalue weighted by atomic mass is 31.3. The Morgan fingerprint density at radius 2 is 1.61 bits per heavy atom. The minimum atomic E-state index is -5.05. The first-order valence-corrected chi connectivity index (χ1v) is 6.90. The highest BCUT2D eigenvalue weighted by molar-refractivity contribution is 7.60. The van der Waals surface area contributed by atoms with Crippen molar-refractivity contribution < 1.29 is 42.9 Å². The molecule has 0 radical (unpaired) electrons. The van der Waals surface area contributed by atoms with E-state index in [1.807, 2.05) is 0 Å². The number of nitrogens with one attached hydrogen (secondary N) is 1. The van der Waals surface area contributed by atoms with Gasteiger partial charge in [0, 0.05) is 7.05 Å². The average Bonchev–Trinajstić information content (AvgIpc) is 1.95. The molecule has 14 heteroatoms. The molecule has 108 valence electrons. The van der Waals surface area contributed by atoms with Crippen LogP contribution in [0.1, 0.15) is 0 Å². The van der Waals surface area contributed by atoms with E-state index in [1.54, 1.807) is 0 Å². The first kappa shape index (κ1) is 19.3. The maximum atomic E-state index is 9.92. The van der Waals surface area contributed by atoms with Crippen LogP contribution in [0.15, 0.2) is 0 Å². The summed E-state index contributed by atoms with van der Waals surface area (Å²) in [5.41, 5.74) is 4.93. The van der Waals surface area contributed by atoms with Crippen molar-refractivity contribution in [3.63, 3.8) is 0 Å². The summed E-state index contributed by atoms with van der Waals surface area (Å²) in [5.74, 6) is -1.23. The largest absolute Gasteiger partial charge is 0.480 e. The molecule has 0 fully saturated rings. The Kier molecular flexibility index (Phi) is 7.99. The number of nitrogens with two attached hydrogens (primary N) is 1. The van der Waals surface area contributed by atoms with Crippen molar-refractivity contribution >= 4 is 27.6 Å². The van der Waals surface area contributed by atoms with E-state index in [1.165, 1.54) is 7.05 Å². The Balaban J connectivity index is 0. The van der Waals surface area contributed by atoms with Gasteiger partial charge >= 0.3 is 21.6 Å². The minimum absolute atomic E-state index is 0.227. The summed E-state index contributed by atoms with van der Waals surface area (Å²) in [4.78, 5) is 42.0. The van der Waals surface area contributed by atoms with Crippen LogP contribution in [0.3, 0.4) is 0 Å². The number of carboxylic acid groups (broad SMARTS) is 1. The third-order valence-corrected chi connectivity index (χ3v) is 2.70. The Morgan fingerprint density at radius 3 is 1.67 bits per heavy atom. The second kappa shape index (κ2) is 7.44. The fourth-order valence-corrected chi connectivity index (χ4v) is 1.54. The Morgan fingerprint density at radius 1 is 1.28 bits per heavy atom. The molecule has 0 aromatic rings. The number of nitrogens with zero attached hydrogens (tertiary/aromatic N) is 1. The summed E-state index contributed by atoms with van der Waals surface area (Å²) in [7, 11) is -8.66. The van der Waals surface area contributed by atoms with Gasteiger partial charge in [-0.2, -0.15) is 4.31 Å². The number of aliphatic carboxylic acids is 1. The van der Waals surface area contributed by atoms with Crippen molar-refractivity contribution in [3.8, 4) is 0 Å². The molecule has 0 heterocycles. The molecule has 0 amide bonds. The number of phosphoric acid groups is 2. The van der Waals surface area contributed by atoms with Crippen molar-refractivity contribution in [2.75, 3.05) is 13.6 Å². The van der Waals surface area contributed by atoms with E-state index in [2.05, 4.69) is 4.31 Å². The zero-order chi connectivity index (χ0) is 15.1. The van der Waals surface area contributed by atoms with E-state index in [4.69, 9.17) is 35.8 Å². The molecule has 0 aliphatic carbocycles. The van der Waals surface area contributed by atoms with Crippen LogP contribution in [0.2, 0.25) is 0 Å². The second-order valence-corrected chi connectivity index (χ2v) is 5.31. The van der Waals surface area contributed by atoms with E-state index in [9.17, 15) is 13.9 Å². The third-order valence-electron chi connectivity index (χ3n) is 0.996. The molecular weight excluding hydrogens is 296 g/mol. The fraction of sp³-hybridized carbons (Fsp3) is 0.500. The lowest BCUT2D eigenvalue weighted by atomic mass is 10.6. The van der Waals surface area contributed by atoms with Crippen molar-refractivity contribution in [1.29, 1.82) is 5.41 Å². The van der Waals surface area contributed by atoms with Gasteiger partial charge in [0.15, 0.2) is 5.96 Å². The van der Waals surface area contributed by atoms with Crippen LogP contribution in [0.25, 0.3) is 0 Å². The zero-order valence-corrected chi connectivity index (χ0v) is 10.8. The van der Waals surface area contributed by atoms with Gasteiger partial charge in [-0.25, -0.2) is 9.13 Å². The maximum Gasteiger partial charge on any atom is 0.478 e. The van der Waals surface area contributed by atoms with Crippen LogP contribution in [-0.2, 0) is 18.2 Å². The van der Waals surface area contributed by atoms with Crippen LogP contribution in [0, 0.1) is 5.41 Å². The summed E-state index contributed by atoms with van der Waals surface area (Å²) in [6, 6.07) is 0. The van der Waals surface area contributed by atoms with Gasteiger partial charge in [0.1, 0.15) is 6.54 Å². The maximum absolute atomic E-state index is 9.92. The average molecular weight is 309 g/mol. The summed E-state index contributed by atoms with van der Waals surface area (Å²) in [6.07, 6.45) is 0. The number of carbonyl (C=O) groups is 1. The SMILES string of the molecule is CN(CC(=O)O)C(=N)N.O=P(O)(O)OP(=O)(O)O. The van der Waals surface area contributed by atoms with Gasteiger partial charge in [-0.05, 0) is 0 Å². The molecule has 0 bridgehead atoms. The van der Waals surface area contributed by atoms with Crippen LogP contribution in [0.4, 0.5) is 0 Å². The molecule has 0 aromatic carbocycles. The van der Waals surface area contributed by atoms with Crippen molar-refractivity contribution in [1.82, 2.24) is 4.90 Å². The van der Waals surface area contributed by atoms with Gasteiger partial charge in [-0.15, -0.1) is 0 Å². The first-order chi connectivity index (χ1) is 7.74. The van der Waals surface area contributed by atoms with Gasteiger partial charge in [0.2, 0.25) is 0 Å². The third kappa shape index (κ3) is 17.4. The van der Waals surface area contributed by atoms with Crippen LogP contribution < -0.4 is 5.73 Å². The fourth-order valence-electron chi connectivity index (χ4n) is 0.427. The molecule has 0 rings (SSSR count). The molecule has 8 N–H and O–H groups in total. The lowest BCUT2D eigenvalue weighted by Gasteiger charge is -2.12. The molecule has 0 aliphatic heterocycles. The Hall–Kier alpha value is -1.00. The summed E-state index contributed by atoms with van der Waals surface area (Å²) >= 11 is 0. The van der Waals surface area contributed by atoms with Gasteiger partial charge in [0.05, 0.1) is 0 Å². The Labute approximate surface area is 101 Å². The molecule has 0 unspecified atom stereocenters. The minimum Gasteiger partial charge on any atom is -0.480 e. The Bertz CT molecular complexity index is 365. The van der Waals surface area contributed by atoms with E-state index < -0.39 is 21.6 Å². The van der Waals surface area contributed by atoms with Crippen LogP contribution in [-0.4, -0.2) is 55.1 Å². The molecular formula is C4H13N3O9P2. The first-order valence-electron chi connectivity index (χ1n) is 3.84. The lowest BCUT2D eigenvalue weighted by Crippen LogP contribution is -2.36. The molecule has 18 heavy (non-hydrogen) atoms. The normalized spacial score (nSPS) is 11.2. The monoisotopic (exact) mass is 309 g/mol. The number of guanidine groups is 1. The number of hydrogen-bond acceptors (Lipinski definition) is 5. The topological polar surface area (TPSA) is 215 Å². The number of carboxylic acids is 1. The molecule has 0 saturated heterocycles. The van der Waals surface area contributed by atoms with Gasteiger partial charge in [-0.3, -0.25) is 10.2 Å². The van der Waals surface area contributed by atoms with Crippen LogP contribution >= 0.6 is 15.6 Å². The summed E-state index contributed by atoms with van der Waals surface area (Å²) < 4.78 is 22.2. The van der Waals surface area contributed by atoms with Crippen LogP contribution in [0.5, 0.6) is 0 Å². The molecule has 0 aromatic heterocycles. The number of hydrogen-bond donors (Lipinski definition) is 7. The van der Waals surface area contributed by atoms with Crippen molar-refractivity contribution in [3.05, 3.63) is 0 Å². The van der Waals surface area contributed by atoms with E-state index >= 15 is 0 Å². The van der Waals surface area contributed by atoms with Gasteiger partial charge in [0.25, 0.3) is 0 Å². The summed E-state index contributed by atoms with van der Waals surface area (Å²) in [6.45, 7) is -0.227. The zero-order valence-electron chi connectivity index (χ0n) is 9.00. The molecule has 0 spiro atoms. The lowest BCUT2D eigenvalue weighted by molar-refractivity contribution is -0.137. The molecule has 0 atom stereocenters. The smallest absolute Gasteiger partial charge is 0.478 e. The number of likely N-dealkylation sites (N-methyl/N-ethyl adjacent to an activating group) is 1. The standard InChI is InChI=1S/C4H9N3O2.H4O7P2/c1-7(4(5)6)2-3(8)9;1-8(2,3)7-9(4,5)6/h2H2,1H3,(H3,5,6)(H,8,9);(H2,1,2,3)(H2,4,5,6). The molecule has 0 aliphatic rings. The van der Waals surface area contributed by atoms with E-state index in [0.29, 0.717) is 0 Å². The van der Waals surface area contributed by atoms with E-state index in [0.717, 1.165) is 4.90 Å².